The van der Waals surface area contributed by atoms with Crippen LogP contribution >= 0.6 is 11.6 Å². The molecule has 2 rings (SSSR count). The average molecular weight is 252 g/mol. The Kier molecular flexibility index (Phi) is 3.34. The third kappa shape index (κ3) is 3.01. The number of hydrogen-bond donors (Lipinski definition) is 2. The maximum absolute atomic E-state index is 11.8. The molecule has 1 amide bonds. The minimum atomic E-state index is -0.222. The van der Waals surface area contributed by atoms with Crippen molar-refractivity contribution in [2.75, 3.05) is 0 Å². The Hall–Kier alpha value is -1.95. The summed E-state index contributed by atoms with van der Waals surface area (Å²) in [7, 11) is 0. The topological polar surface area (TPSA) is 83.6 Å². The molecule has 1 aromatic carbocycles. The highest BCUT2D eigenvalue weighted by atomic mass is 35.5. The molecule has 2 aromatic rings. The van der Waals surface area contributed by atoms with Crippen LogP contribution in [0.25, 0.3) is 0 Å². The number of H-pyrrole nitrogens is 1. The average Bonchev–Trinajstić information content (AvgIpc) is 2.77. The Labute approximate surface area is 102 Å². The highest BCUT2D eigenvalue weighted by Gasteiger charge is 2.08. The number of aromatic nitrogens is 4. The maximum Gasteiger partial charge on any atom is 0.251 e. The van der Waals surface area contributed by atoms with E-state index < -0.39 is 0 Å². The van der Waals surface area contributed by atoms with E-state index >= 15 is 0 Å². The highest BCUT2D eigenvalue weighted by Crippen LogP contribution is 2.14. The van der Waals surface area contributed by atoms with Gasteiger partial charge in [-0.3, -0.25) is 4.79 Å². The number of aromatic amines is 1. The molecular formula is C10H10ClN5O. The van der Waals surface area contributed by atoms with Crippen LogP contribution in [-0.4, -0.2) is 26.5 Å². The second-order valence-corrected chi connectivity index (χ2v) is 3.96. The van der Waals surface area contributed by atoms with E-state index in [2.05, 4.69) is 25.9 Å². The van der Waals surface area contributed by atoms with Crippen LogP contribution < -0.4 is 5.32 Å². The van der Waals surface area contributed by atoms with Crippen LogP contribution in [0.2, 0.25) is 5.02 Å². The predicted molar refractivity (Wildman–Crippen MR) is 61.5 cm³/mol. The first-order valence-corrected chi connectivity index (χ1v) is 5.30. The van der Waals surface area contributed by atoms with Gasteiger partial charge in [-0.15, -0.1) is 10.2 Å². The summed E-state index contributed by atoms with van der Waals surface area (Å²) in [6.07, 6.45) is 0. The van der Waals surface area contributed by atoms with Gasteiger partial charge >= 0.3 is 0 Å². The molecule has 0 aliphatic rings. The summed E-state index contributed by atoms with van der Waals surface area (Å²) in [4.78, 5) is 11.8. The minimum absolute atomic E-state index is 0.222. The molecule has 0 atom stereocenters. The summed E-state index contributed by atoms with van der Waals surface area (Å²) in [6, 6.07) is 5.16. The molecule has 2 N–H and O–H groups in total. The van der Waals surface area contributed by atoms with Crippen LogP contribution in [0.5, 0.6) is 0 Å². The van der Waals surface area contributed by atoms with Crippen molar-refractivity contribution >= 4 is 17.5 Å². The smallest absolute Gasteiger partial charge is 0.251 e. The first-order chi connectivity index (χ1) is 8.15. The van der Waals surface area contributed by atoms with E-state index in [1.807, 2.05) is 6.92 Å². The lowest BCUT2D eigenvalue weighted by Crippen LogP contribution is -2.23. The third-order valence-electron chi connectivity index (χ3n) is 2.10. The highest BCUT2D eigenvalue weighted by molar-refractivity contribution is 6.31. The third-order valence-corrected chi connectivity index (χ3v) is 2.32. The van der Waals surface area contributed by atoms with E-state index in [0.717, 1.165) is 5.56 Å². The summed E-state index contributed by atoms with van der Waals surface area (Å²) in [5, 5.41) is 16.4. The zero-order chi connectivity index (χ0) is 12.3. The zero-order valence-corrected chi connectivity index (χ0v) is 9.82. The molecule has 6 nitrogen and oxygen atoms in total. The van der Waals surface area contributed by atoms with E-state index in [0.29, 0.717) is 16.4 Å². The monoisotopic (exact) mass is 251 g/mol. The van der Waals surface area contributed by atoms with Crippen LogP contribution in [-0.2, 0) is 6.54 Å². The molecule has 1 aromatic heterocycles. The Morgan fingerprint density at radius 1 is 1.47 bits per heavy atom. The number of benzene rings is 1. The Morgan fingerprint density at radius 2 is 2.29 bits per heavy atom. The van der Waals surface area contributed by atoms with Crippen molar-refractivity contribution in [3.8, 4) is 0 Å². The number of halogens is 1. The van der Waals surface area contributed by atoms with Crippen molar-refractivity contribution in [3.63, 3.8) is 0 Å². The number of rotatable bonds is 3. The number of carbonyl (C=O) groups is 1. The molecule has 88 valence electrons. The number of hydrogen-bond acceptors (Lipinski definition) is 4. The van der Waals surface area contributed by atoms with E-state index in [4.69, 9.17) is 11.6 Å². The van der Waals surface area contributed by atoms with Crippen molar-refractivity contribution in [2.45, 2.75) is 13.5 Å². The first kappa shape index (κ1) is 11.5. The van der Waals surface area contributed by atoms with E-state index in [1.165, 1.54) is 0 Å². The summed E-state index contributed by atoms with van der Waals surface area (Å²) in [6.45, 7) is 2.10. The molecule has 0 aliphatic heterocycles. The number of nitrogens with zero attached hydrogens (tertiary/aromatic N) is 3. The molecule has 0 saturated heterocycles. The number of tetrazole rings is 1. The lowest BCUT2D eigenvalue weighted by Gasteiger charge is -2.04. The fraction of sp³-hybridized carbons (Fsp3) is 0.200. The van der Waals surface area contributed by atoms with E-state index in [1.54, 1.807) is 18.2 Å². The molecule has 0 unspecified atom stereocenters. The summed E-state index contributed by atoms with van der Waals surface area (Å²) in [5.41, 5.74) is 1.45. The number of amides is 1. The van der Waals surface area contributed by atoms with Gasteiger partial charge in [-0.25, -0.2) is 0 Å². The standard InChI is InChI=1S/C10H10ClN5O/c1-6-2-7(4-8(11)3-6)10(17)12-5-9-13-15-16-14-9/h2-4H,5H2,1H3,(H,12,17)(H,13,14,15,16). The maximum atomic E-state index is 11.8. The number of nitrogens with one attached hydrogen (secondary N) is 2. The van der Waals surface area contributed by atoms with Crippen molar-refractivity contribution in [3.05, 3.63) is 40.2 Å². The van der Waals surface area contributed by atoms with Gasteiger partial charge in [-0.2, -0.15) is 5.21 Å². The minimum Gasteiger partial charge on any atom is -0.345 e. The lowest BCUT2D eigenvalue weighted by molar-refractivity contribution is 0.0950. The summed E-state index contributed by atoms with van der Waals surface area (Å²) in [5.74, 6) is 0.206. The van der Waals surface area contributed by atoms with Gasteiger partial charge in [0.25, 0.3) is 5.91 Å². The van der Waals surface area contributed by atoms with Gasteiger partial charge < -0.3 is 5.32 Å². The van der Waals surface area contributed by atoms with Crippen molar-refractivity contribution < 1.29 is 4.79 Å². The fourth-order valence-corrected chi connectivity index (χ4v) is 1.68. The van der Waals surface area contributed by atoms with Crippen molar-refractivity contribution in [1.82, 2.24) is 25.9 Å². The van der Waals surface area contributed by atoms with Gasteiger partial charge in [0.1, 0.15) is 0 Å². The lowest BCUT2D eigenvalue weighted by atomic mass is 10.1. The molecule has 0 fully saturated rings. The van der Waals surface area contributed by atoms with E-state index in [9.17, 15) is 4.79 Å². The molecule has 17 heavy (non-hydrogen) atoms. The van der Waals surface area contributed by atoms with Crippen LogP contribution in [0.15, 0.2) is 18.2 Å². The molecule has 0 aliphatic carbocycles. The zero-order valence-electron chi connectivity index (χ0n) is 9.07. The van der Waals surface area contributed by atoms with Gasteiger partial charge in [0, 0.05) is 10.6 Å². The van der Waals surface area contributed by atoms with Crippen LogP contribution in [0.1, 0.15) is 21.7 Å². The molecule has 0 spiro atoms. The quantitative estimate of drug-likeness (QED) is 0.855. The van der Waals surface area contributed by atoms with Gasteiger partial charge in [0.05, 0.1) is 6.54 Å². The van der Waals surface area contributed by atoms with Crippen molar-refractivity contribution in [2.24, 2.45) is 0 Å². The van der Waals surface area contributed by atoms with Gasteiger partial charge in [-0.1, -0.05) is 16.8 Å². The van der Waals surface area contributed by atoms with Crippen molar-refractivity contribution in [1.29, 1.82) is 0 Å². The summed E-state index contributed by atoms with van der Waals surface area (Å²) < 4.78 is 0. The number of aryl methyl sites for hydroxylation is 1. The summed E-state index contributed by atoms with van der Waals surface area (Å²) >= 11 is 5.87. The largest absolute Gasteiger partial charge is 0.345 e. The van der Waals surface area contributed by atoms with Crippen LogP contribution in [0.4, 0.5) is 0 Å². The Morgan fingerprint density at radius 3 is 2.94 bits per heavy atom. The first-order valence-electron chi connectivity index (χ1n) is 4.93. The normalized spacial score (nSPS) is 10.2. The molecule has 0 radical (unpaired) electrons. The number of carbonyl (C=O) groups excluding carboxylic acids is 1. The molecular weight excluding hydrogens is 242 g/mol. The second-order valence-electron chi connectivity index (χ2n) is 3.53. The Bertz CT molecular complexity index is 505. The van der Waals surface area contributed by atoms with Crippen LogP contribution in [0, 0.1) is 6.92 Å². The Balaban J connectivity index is 2.04. The van der Waals surface area contributed by atoms with Gasteiger partial charge in [0.15, 0.2) is 5.82 Å². The molecule has 0 saturated carbocycles. The molecule has 1 heterocycles. The second kappa shape index (κ2) is 4.92. The molecule has 7 heteroatoms. The van der Waals surface area contributed by atoms with Gasteiger partial charge in [0.2, 0.25) is 0 Å². The van der Waals surface area contributed by atoms with Crippen LogP contribution in [0.3, 0.4) is 0 Å². The molecule has 0 bridgehead atoms. The predicted octanol–water partition coefficient (Wildman–Crippen LogP) is 1.09. The SMILES string of the molecule is Cc1cc(Cl)cc(C(=O)NCc2nn[nH]n2)c1. The van der Waals surface area contributed by atoms with Gasteiger partial charge in [-0.05, 0) is 30.7 Å². The van der Waals surface area contributed by atoms with E-state index in [-0.39, 0.29) is 12.5 Å². The fourth-order valence-electron chi connectivity index (χ4n) is 1.39.